The summed E-state index contributed by atoms with van der Waals surface area (Å²) in [7, 11) is 0. The van der Waals surface area contributed by atoms with Crippen molar-refractivity contribution in [1.29, 1.82) is 0 Å². The van der Waals surface area contributed by atoms with Crippen molar-refractivity contribution in [3.05, 3.63) is 0 Å². The molecule has 18 heavy (non-hydrogen) atoms. The second-order valence-electron chi connectivity index (χ2n) is 5.51. The third-order valence-corrected chi connectivity index (χ3v) is 3.32. The number of nitrogens with one attached hydrogen (secondary N) is 1. The van der Waals surface area contributed by atoms with Gasteiger partial charge in [0.05, 0.1) is 6.04 Å². The van der Waals surface area contributed by atoms with Crippen LogP contribution in [-0.4, -0.2) is 67.6 Å². The van der Waals surface area contributed by atoms with Crippen LogP contribution in [0.25, 0.3) is 0 Å². The maximum Gasteiger partial charge on any atom is 0.235 e. The zero-order valence-electron chi connectivity index (χ0n) is 12.0. The predicted octanol–water partition coefficient (Wildman–Crippen LogP) is -0.277. The van der Waals surface area contributed by atoms with Gasteiger partial charge in [0.1, 0.15) is 0 Å². The van der Waals surface area contributed by atoms with Gasteiger partial charge in [-0.05, 0) is 12.5 Å². The maximum atomic E-state index is 11.3. The fourth-order valence-electron chi connectivity index (χ4n) is 2.43. The summed E-state index contributed by atoms with van der Waals surface area (Å²) in [5.41, 5.74) is 5.39. The van der Waals surface area contributed by atoms with Gasteiger partial charge in [-0.1, -0.05) is 20.8 Å². The summed E-state index contributed by atoms with van der Waals surface area (Å²) < 4.78 is 0. The molecule has 1 heterocycles. The van der Waals surface area contributed by atoms with E-state index in [1.165, 1.54) is 6.54 Å². The Balaban J connectivity index is 2.31. The smallest absolute Gasteiger partial charge is 0.235 e. The van der Waals surface area contributed by atoms with E-state index < -0.39 is 0 Å². The van der Waals surface area contributed by atoms with E-state index in [0.717, 1.165) is 45.2 Å². The van der Waals surface area contributed by atoms with Crippen LogP contribution in [0, 0.1) is 5.92 Å². The second-order valence-corrected chi connectivity index (χ2v) is 5.51. The van der Waals surface area contributed by atoms with Crippen LogP contribution in [0.15, 0.2) is 0 Å². The van der Waals surface area contributed by atoms with Gasteiger partial charge in [0.25, 0.3) is 0 Å². The molecule has 1 aliphatic heterocycles. The Bertz CT molecular complexity index is 249. The number of likely N-dealkylation sites (N-methyl/N-ethyl adjacent to an activating group) is 1. The quantitative estimate of drug-likeness (QED) is 0.658. The first kappa shape index (κ1) is 15.4. The van der Waals surface area contributed by atoms with Crippen LogP contribution in [-0.2, 0) is 4.79 Å². The van der Waals surface area contributed by atoms with E-state index in [1.54, 1.807) is 0 Å². The van der Waals surface area contributed by atoms with Gasteiger partial charge >= 0.3 is 0 Å². The van der Waals surface area contributed by atoms with Gasteiger partial charge in [0.15, 0.2) is 0 Å². The largest absolute Gasteiger partial charge is 0.368 e. The second kappa shape index (κ2) is 7.71. The lowest BCUT2D eigenvalue weighted by atomic mass is 10.1. The van der Waals surface area contributed by atoms with E-state index in [1.807, 2.05) is 6.92 Å². The third-order valence-electron chi connectivity index (χ3n) is 3.32. The number of nitrogens with two attached hydrogens (primary N) is 1. The molecule has 3 N–H and O–H groups in total. The summed E-state index contributed by atoms with van der Waals surface area (Å²) in [5.74, 6) is 0.470. The highest BCUT2D eigenvalue weighted by Crippen LogP contribution is 2.05. The molecule has 0 aromatic heterocycles. The molecule has 5 heteroatoms. The van der Waals surface area contributed by atoms with Gasteiger partial charge in [-0.15, -0.1) is 0 Å². The van der Waals surface area contributed by atoms with Gasteiger partial charge in [0.2, 0.25) is 5.91 Å². The highest BCUT2D eigenvalue weighted by Gasteiger charge is 2.22. The minimum absolute atomic E-state index is 0.216. The summed E-state index contributed by atoms with van der Waals surface area (Å²) >= 11 is 0. The molecule has 0 bridgehead atoms. The summed E-state index contributed by atoms with van der Waals surface area (Å²) in [6, 6.07) is -0.216. The number of amides is 1. The normalized spacial score (nSPS) is 20.2. The van der Waals surface area contributed by atoms with Crippen LogP contribution in [0.2, 0.25) is 0 Å². The van der Waals surface area contributed by atoms with Gasteiger partial charge in [-0.2, -0.15) is 0 Å². The molecule has 0 saturated carbocycles. The average Bonchev–Trinajstić information content (AvgIpc) is 2.30. The number of carbonyl (C=O) groups is 1. The van der Waals surface area contributed by atoms with Crippen LogP contribution < -0.4 is 11.1 Å². The Labute approximate surface area is 111 Å². The van der Waals surface area contributed by atoms with Crippen LogP contribution in [0.1, 0.15) is 20.8 Å². The molecule has 1 rings (SSSR count). The lowest BCUT2D eigenvalue weighted by Crippen LogP contribution is -2.54. The first-order valence-corrected chi connectivity index (χ1v) is 7.00. The molecule has 0 radical (unpaired) electrons. The van der Waals surface area contributed by atoms with Crippen LogP contribution in [0.5, 0.6) is 0 Å². The number of piperazine rings is 1. The summed E-state index contributed by atoms with van der Waals surface area (Å²) in [6.07, 6.45) is 0. The van der Waals surface area contributed by atoms with E-state index in [2.05, 4.69) is 29.0 Å². The Hall–Kier alpha value is -0.650. The van der Waals surface area contributed by atoms with Crippen molar-refractivity contribution in [3.63, 3.8) is 0 Å². The van der Waals surface area contributed by atoms with Gasteiger partial charge in [0, 0.05) is 39.3 Å². The summed E-state index contributed by atoms with van der Waals surface area (Å²) in [5, 5.41) is 3.14. The highest BCUT2D eigenvalue weighted by molar-refractivity contribution is 5.80. The molecular weight excluding hydrogens is 228 g/mol. The van der Waals surface area contributed by atoms with E-state index in [9.17, 15) is 4.79 Å². The molecule has 0 aromatic carbocycles. The fourth-order valence-corrected chi connectivity index (χ4v) is 2.43. The average molecular weight is 256 g/mol. The number of hydrogen-bond donors (Lipinski definition) is 2. The summed E-state index contributed by atoms with van der Waals surface area (Å²) in [4.78, 5) is 16.1. The monoisotopic (exact) mass is 256 g/mol. The standard InChI is InChI=1S/C13H28N4O/c1-4-15-12(13(14)18)10-17-7-5-16(6-8-17)9-11(2)3/h11-12,15H,4-10H2,1-3H3,(H2,14,18). The molecule has 5 nitrogen and oxygen atoms in total. The van der Waals surface area contributed by atoms with Crippen molar-refractivity contribution in [2.75, 3.05) is 45.8 Å². The van der Waals surface area contributed by atoms with Gasteiger partial charge in [-0.3, -0.25) is 9.69 Å². The van der Waals surface area contributed by atoms with Crippen LogP contribution >= 0.6 is 0 Å². The maximum absolute atomic E-state index is 11.3. The van der Waals surface area contributed by atoms with Crippen molar-refractivity contribution >= 4 is 5.91 Å². The topological polar surface area (TPSA) is 61.6 Å². The lowest BCUT2D eigenvalue weighted by molar-refractivity contribution is -0.120. The van der Waals surface area contributed by atoms with Crippen molar-refractivity contribution in [1.82, 2.24) is 15.1 Å². The Morgan fingerprint density at radius 1 is 1.17 bits per heavy atom. The SMILES string of the molecule is CCNC(CN1CCN(CC(C)C)CC1)C(N)=O. The molecule has 1 saturated heterocycles. The minimum atomic E-state index is -0.249. The van der Waals surface area contributed by atoms with Crippen molar-refractivity contribution in [3.8, 4) is 0 Å². The van der Waals surface area contributed by atoms with Crippen molar-refractivity contribution in [2.24, 2.45) is 11.7 Å². The first-order chi connectivity index (χ1) is 8.52. The van der Waals surface area contributed by atoms with Crippen molar-refractivity contribution < 1.29 is 4.79 Å². The molecule has 1 atom stereocenters. The molecular formula is C13H28N4O. The molecule has 106 valence electrons. The first-order valence-electron chi connectivity index (χ1n) is 7.00. The van der Waals surface area contributed by atoms with E-state index >= 15 is 0 Å². The van der Waals surface area contributed by atoms with E-state index in [4.69, 9.17) is 5.73 Å². The highest BCUT2D eigenvalue weighted by atomic mass is 16.1. The number of rotatable bonds is 7. The Kier molecular flexibility index (Phi) is 6.60. The molecule has 1 aliphatic rings. The molecule has 0 aromatic rings. The Morgan fingerprint density at radius 3 is 2.06 bits per heavy atom. The fraction of sp³-hybridized carbons (Fsp3) is 0.923. The van der Waals surface area contributed by atoms with Gasteiger partial charge in [-0.25, -0.2) is 0 Å². The third kappa shape index (κ3) is 5.33. The molecule has 1 amide bonds. The molecule has 1 unspecified atom stereocenters. The summed E-state index contributed by atoms with van der Waals surface area (Å²) in [6.45, 7) is 13.4. The van der Waals surface area contributed by atoms with E-state index in [0.29, 0.717) is 0 Å². The number of hydrogen-bond acceptors (Lipinski definition) is 4. The Morgan fingerprint density at radius 2 is 1.67 bits per heavy atom. The zero-order valence-corrected chi connectivity index (χ0v) is 12.0. The van der Waals surface area contributed by atoms with Crippen LogP contribution in [0.3, 0.4) is 0 Å². The zero-order chi connectivity index (χ0) is 13.5. The predicted molar refractivity (Wildman–Crippen MR) is 74.4 cm³/mol. The molecule has 0 spiro atoms. The number of carbonyl (C=O) groups excluding carboxylic acids is 1. The van der Waals surface area contributed by atoms with Gasteiger partial charge < -0.3 is 16.0 Å². The number of nitrogens with zero attached hydrogens (tertiary/aromatic N) is 2. The van der Waals surface area contributed by atoms with E-state index in [-0.39, 0.29) is 11.9 Å². The molecule has 1 fully saturated rings. The van der Waals surface area contributed by atoms with Crippen molar-refractivity contribution in [2.45, 2.75) is 26.8 Å². The number of primary amides is 1. The minimum Gasteiger partial charge on any atom is -0.368 e. The molecule has 0 aliphatic carbocycles. The van der Waals surface area contributed by atoms with Crippen LogP contribution in [0.4, 0.5) is 0 Å². The lowest BCUT2D eigenvalue weighted by Gasteiger charge is -2.36.